The normalized spacial score (nSPS) is 16.4. The number of hydrogen-bond acceptors (Lipinski definition) is 3. The van der Waals surface area contributed by atoms with Gasteiger partial charge in [-0.1, -0.05) is 0 Å². The van der Waals surface area contributed by atoms with E-state index in [-0.39, 0.29) is 5.91 Å². The summed E-state index contributed by atoms with van der Waals surface area (Å²) in [4.78, 5) is 15.4. The summed E-state index contributed by atoms with van der Waals surface area (Å²) in [6.07, 6.45) is 3.77. The molecule has 106 valence electrons. The smallest absolute Gasteiger partial charge is 0.253 e. The minimum Gasteiger partial charge on any atom is -0.399 e. The van der Waals surface area contributed by atoms with E-state index in [0.717, 1.165) is 37.0 Å². The Morgan fingerprint density at radius 1 is 1.40 bits per heavy atom. The van der Waals surface area contributed by atoms with E-state index in [0.29, 0.717) is 23.7 Å². The fourth-order valence-electron chi connectivity index (χ4n) is 2.61. The van der Waals surface area contributed by atoms with Gasteiger partial charge in [-0.3, -0.25) is 4.79 Å². The second kappa shape index (κ2) is 5.54. The lowest BCUT2D eigenvalue weighted by Gasteiger charge is -2.22. The first-order valence-corrected chi connectivity index (χ1v) is 6.96. The lowest BCUT2D eigenvalue weighted by Crippen LogP contribution is -2.32. The molecular weight excluding hydrogens is 254 g/mol. The predicted molar refractivity (Wildman–Crippen MR) is 78.6 cm³/mol. The van der Waals surface area contributed by atoms with Crippen LogP contribution in [0.5, 0.6) is 0 Å². The molecule has 0 bridgehead atoms. The van der Waals surface area contributed by atoms with Crippen molar-refractivity contribution < 1.29 is 9.53 Å². The molecule has 5 heteroatoms. The van der Waals surface area contributed by atoms with Crippen LogP contribution in [0.25, 0.3) is 10.9 Å². The molecule has 0 atom stereocenters. The third-order valence-electron chi connectivity index (χ3n) is 3.84. The summed E-state index contributed by atoms with van der Waals surface area (Å²) in [7, 11) is 0. The first-order valence-electron chi connectivity index (χ1n) is 6.96. The summed E-state index contributed by atoms with van der Waals surface area (Å²) < 4.78 is 5.32. The van der Waals surface area contributed by atoms with Crippen molar-refractivity contribution in [2.24, 2.45) is 5.92 Å². The summed E-state index contributed by atoms with van der Waals surface area (Å²) in [6, 6.07) is 5.54. The van der Waals surface area contributed by atoms with Crippen molar-refractivity contribution in [3.05, 3.63) is 30.0 Å². The maximum absolute atomic E-state index is 12.3. The third kappa shape index (κ3) is 2.63. The van der Waals surface area contributed by atoms with Gasteiger partial charge in [-0.25, -0.2) is 0 Å². The average Bonchev–Trinajstić information content (AvgIpc) is 2.89. The van der Waals surface area contributed by atoms with Gasteiger partial charge in [-0.05, 0) is 37.0 Å². The molecule has 0 aliphatic carbocycles. The van der Waals surface area contributed by atoms with Gasteiger partial charge in [0.25, 0.3) is 5.91 Å². The average molecular weight is 273 g/mol. The van der Waals surface area contributed by atoms with Gasteiger partial charge >= 0.3 is 0 Å². The van der Waals surface area contributed by atoms with E-state index < -0.39 is 0 Å². The van der Waals surface area contributed by atoms with Gasteiger partial charge in [-0.15, -0.1) is 0 Å². The Bertz CT molecular complexity index is 615. The van der Waals surface area contributed by atoms with Crippen LogP contribution in [0.1, 0.15) is 23.2 Å². The van der Waals surface area contributed by atoms with Crippen LogP contribution in [-0.4, -0.2) is 30.6 Å². The highest BCUT2D eigenvalue weighted by Crippen LogP contribution is 2.21. The van der Waals surface area contributed by atoms with Crippen molar-refractivity contribution in [2.45, 2.75) is 12.8 Å². The molecule has 1 amide bonds. The summed E-state index contributed by atoms with van der Waals surface area (Å²) in [5, 5.41) is 3.88. The maximum Gasteiger partial charge on any atom is 0.253 e. The molecule has 1 aliphatic heterocycles. The topological polar surface area (TPSA) is 80.1 Å². The summed E-state index contributed by atoms with van der Waals surface area (Å²) in [5.74, 6) is 0.469. The summed E-state index contributed by atoms with van der Waals surface area (Å²) in [5.41, 5.74) is 8.02. The molecule has 4 N–H and O–H groups in total. The van der Waals surface area contributed by atoms with Gasteiger partial charge < -0.3 is 20.8 Å². The molecule has 1 saturated heterocycles. The van der Waals surface area contributed by atoms with E-state index >= 15 is 0 Å². The van der Waals surface area contributed by atoms with Crippen molar-refractivity contribution >= 4 is 22.5 Å². The zero-order chi connectivity index (χ0) is 13.9. The molecule has 5 nitrogen and oxygen atoms in total. The number of nitrogens with two attached hydrogens (primary N) is 1. The molecule has 0 spiro atoms. The van der Waals surface area contributed by atoms with Gasteiger partial charge in [0.15, 0.2) is 0 Å². The third-order valence-corrected chi connectivity index (χ3v) is 3.84. The molecule has 3 rings (SSSR count). The number of aromatic nitrogens is 1. The highest BCUT2D eigenvalue weighted by atomic mass is 16.5. The van der Waals surface area contributed by atoms with E-state index in [4.69, 9.17) is 10.5 Å². The van der Waals surface area contributed by atoms with Crippen LogP contribution in [0.3, 0.4) is 0 Å². The van der Waals surface area contributed by atoms with Gasteiger partial charge in [0.1, 0.15) is 0 Å². The maximum atomic E-state index is 12.3. The summed E-state index contributed by atoms with van der Waals surface area (Å²) >= 11 is 0. The van der Waals surface area contributed by atoms with Crippen LogP contribution >= 0.6 is 0 Å². The number of rotatable bonds is 3. The minimum atomic E-state index is -0.0478. The fourth-order valence-corrected chi connectivity index (χ4v) is 2.61. The second-order valence-corrected chi connectivity index (χ2v) is 5.27. The van der Waals surface area contributed by atoms with Crippen molar-refractivity contribution in [2.75, 3.05) is 25.5 Å². The Labute approximate surface area is 117 Å². The van der Waals surface area contributed by atoms with E-state index in [9.17, 15) is 4.79 Å². The van der Waals surface area contributed by atoms with Gasteiger partial charge in [0.2, 0.25) is 0 Å². The number of nitrogens with one attached hydrogen (secondary N) is 2. The number of aromatic amines is 1. The van der Waals surface area contributed by atoms with Gasteiger partial charge in [-0.2, -0.15) is 0 Å². The monoisotopic (exact) mass is 273 g/mol. The Morgan fingerprint density at radius 2 is 2.20 bits per heavy atom. The SMILES string of the molecule is Nc1ccc2[nH]cc(C(=O)NCC3CCOCC3)c2c1. The molecule has 1 aromatic heterocycles. The largest absolute Gasteiger partial charge is 0.399 e. The summed E-state index contributed by atoms with van der Waals surface area (Å²) in [6.45, 7) is 2.30. The van der Waals surface area contributed by atoms with E-state index in [1.54, 1.807) is 6.20 Å². The number of carbonyl (C=O) groups is 1. The Hall–Kier alpha value is -2.01. The number of H-pyrrole nitrogens is 1. The van der Waals surface area contributed by atoms with Crippen molar-refractivity contribution in [3.8, 4) is 0 Å². The number of nitrogen functional groups attached to an aromatic ring is 1. The predicted octanol–water partition coefficient (Wildman–Crippen LogP) is 1.91. The quantitative estimate of drug-likeness (QED) is 0.747. The minimum absolute atomic E-state index is 0.0478. The standard InChI is InChI=1S/C15H19N3O2/c16-11-1-2-14-12(7-11)13(9-17-14)15(19)18-8-10-3-5-20-6-4-10/h1-2,7,9-10,17H,3-6,8,16H2,(H,18,19). The Balaban J connectivity index is 1.70. The first-order chi connectivity index (χ1) is 9.74. The van der Waals surface area contributed by atoms with Gasteiger partial charge in [0.05, 0.1) is 5.56 Å². The number of benzene rings is 1. The van der Waals surface area contributed by atoms with Crippen LogP contribution in [-0.2, 0) is 4.74 Å². The number of ether oxygens (including phenoxy) is 1. The molecule has 2 heterocycles. The molecular formula is C15H19N3O2. The molecule has 0 saturated carbocycles. The van der Waals surface area contributed by atoms with Crippen molar-refractivity contribution in [3.63, 3.8) is 0 Å². The molecule has 2 aromatic rings. The number of carbonyl (C=O) groups excluding carboxylic acids is 1. The Kier molecular flexibility index (Phi) is 3.60. The molecule has 1 aromatic carbocycles. The second-order valence-electron chi connectivity index (χ2n) is 5.27. The molecule has 20 heavy (non-hydrogen) atoms. The lowest BCUT2D eigenvalue weighted by molar-refractivity contribution is 0.0643. The van der Waals surface area contributed by atoms with Crippen LogP contribution in [0.2, 0.25) is 0 Å². The van der Waals surface area contributed by atoms with Crippen molar-refractivity contribution in [1.82, 2.24) is 10.3 Å². The number of anilines is 1. The molecule has 0 unspecified atom stereocenters. The molecule has 1 fully saturated rings. The van der Waals surface area contributed by atoms with E-state index in [1.165, 1.54) is 0 Å². The van der Waals surface area contributed by atoms with Crippen LogP contribution in [0.4, 0.5) is 5.69 Å². The molecule has 0 radical (unpaired) electrons. The van der Waals surface area contributed by atoms with E-state index in [2.05, 4.69) is 10.3 Å². The number of fused-ring (bicyclic) bond motifs is 1. The zero-order valence-corrected chi connectivity index (χ0v) is 11.3. The molecule has 1 aliphatic rings. The lowest BCUT2D eigenvalue weighted by atomic mass is 10.0. The van der Waals surface area contributed by atoms with E-state index in [1.807, 2.05) is 18.2 Å². The number of hydrogen-bond donors (Lipinski definition) is 3. The van der Waals surface area contributed by atoms with Crippen LogP contribution in [0.15, 0.2) is 24.4 Å². The number of amides is 1. The Morgan fingerprint density at radius 3 is 3.00 bits per heavy atom. The highest BCUT2D eigenvalue weighted by molar-refractivity contribution is 6.07. The van der Waals surface area contributed by atoms with Gasteiger partial charge in [0, 0.05) is 42.5 Å². The van der Waals surface area contributed by atoms with Crippen molar-refractivity contribution in [1.29, 1.82) is 0 Å². The first kappa shape index (κ1) is 13.0. The highest BCUT2D eigenvalue weighted by Gasteiger charge is 2.17. The van der Waals surface area contributed by atoms with Crippen LogP contribution < -0.4 is 11.1 Å². The zero-order valence-electron chi connectivity index (χ0n) is 11.3. The fraction of sp³-hybridized carbons (Fsp3) is 0.400. The van der Waals surface area contributed by atoms with Crippen LogP contribution in [0, 0.1) is 5.92 Å².